The third kappa shape index (κ3) is 3.05. The van der Waals surface area contributed by atoms with Gasteiger partial charge in [0.2, 0.25) is 5.95 Å². The third-order valence-corrected chi connectivity index (χ3v) is 3.71. The van der Waals surface area contributed by atoms with Crippen molar-refractivity contribution < 1.29 is 4.74 Å². The number of hydrogen-bond donors (Lipinski definition) is 2. The second-order valence-corrected chi connectivity index (χ2v) is 5.56. The molecule has 2 aromatic carbocycles. The highest BCUT2D eigenvalue weighted by Gasteiger charge is 2.09. The van der Waals surface area contributed by atoms with Crippen LogP contribution >= 0.6 is 11.6 Å². The summed E-state index contributed by atoms with van der Waals surface area (Å²) in [4.78, 5) is 8.66. The van der Waals surface area contributed by atoms with Gasteiger partial charge < -0.3 is 15.4 Å². The first kappa shape index (κ1) is 13.8. The molecule has 23 heavy (non-hydrogen) atoms. The number of halogens is 1. The zero-order chi connectivity index (χ0) is 15.6. The smallest absolute Gasteiger partial charge is 0.229 e. The van der Waals surface area contributed by atoms with Crippen molar-refractivity contribution in [3.8, 4) is 5.75 Å². The van der Waals surface area contributed by atoms with E-state index in [0.29, 0.717) is 23.4 Å². The summed E-state index contributed by atoms with van der Waals surface area (Å²) in [6.45, 7) is 0.484. The van der Waals surface area contributed by atoms with Crippen LogP contribution in [-0.4, -0.2) is 9.97 Å². The van der Waals surface area contributed by atoms with E-state index >= 15 is 0 Å². The van der Waals surface area contributed by atoms with Crippen molar-refractivity contribution in [1.29, 1.82) is 0 Å². The molecule has 4 rings (SSSR count). The SMILES string of the molecule is Clc1cnc2nc1Nc1cccc(c1)OCc1cccc(c1)N2. The monoisotopic (exact) mass is 324 g/mol. The summed E-state index contributed by atoms with van der Waals surface area (Å²) in [6.07, 6.45) is 1.57. The van der Waals surface area contributed by atoms with Crippen LogP contribution < -0.4 is 15.4 Å². The molecule has 0 aliphatic carbocycles. The Hall–Kier alpha value is -2.79. The van der Waals surface area contributed by atoms with Crippen molar-refractivity contribution in [1.82, 2.24) is 9.97 Å². The Morgan fingerprint density at radius 3 is 2.74 bits per heavy atom. The van der Waals surface area contributed by atoms with Gasteiger partial charge >= 0.3 is 0 Å². The topological polar surface area (TPSA) is 59.1 Å². The molecule has 0 unspecified atom stereocenters. The second kappa shape index (κ2) is 5.78. The molecule has 0 fully saturated rings. The molecule has 1 aliphatic heterocycles. The summed E-state index contributed by atoms with van der Waals surface area (Å²) in [5, 5.41) is 6.82. The number of fused-ring (bicyclic) bond motifs is 6. The number of hydrogen-bond acceptors (Lipinski definition) is 5. The van der Waals surface area contributed by atoms with Crippen molar-refractivity contribution in [2.24, 2.45) is 0 Å². The first-order chi connectivity index (χ1) is 11.3. The van der Waals surface area contributed by atoms with Gasteiger partial charge in [-0.15, -0.1) is 0 Å². The predicted molar refractivity (Wildman–Crippen MR) is 90.8 cm³/mol. The van der Waals surface area contributed by atoms with Crippen molar-refractivity contribution in [3.05, 3.63) is 65.3 Å². The number of benzene rings is 2. The van der Waals surface area contributed by atoms with Gasteiger partial charge in [0, 0.05) is 17.4 Å². The van der Waals surface area contributed by atoms with E-state index in [0.717, 1.165) is 22.7 Å². The molecule has 6 heteroatoms. The maximum absolute atomic E-state index is 6.19. The Balaban J connectivity index is 1.83. The van der Waals surface area contributed by atoms with E-state index in [4.69, 9.17) is 16.3 Å². The molecule has 1 aromatic heterocycles. The van der Waals surface area contributed by atoms with E-state index in [2.05, 4.69) is 20.6 Å². The van der Waals surface area contributed by atoms with Crippen LogP contribution in [0.1, 0.15) is 5.56 Å². The van der Waals surface area contributed by atoms with Crippen molar-refractivity contribution in [2.45, 2.75) is 6.61 Å². The van der Waals surface area contributed by atoms with Gasteiger partial charge in [-0.1, -0.05) is 29.8 Å². The zero-order valence-corrected chi connectivity index (χ0v) is 12.8. The summed E-state index contributed by atoms with van der Waals surface area (Å²) in [5.41, 5.74) is 2.80. The van der Waals surface area contributed by atoms with Gasteiger partial charge in [-0.25, -0.2) is 4.98 Å². The van der Waals surface area contributed by atoms with E-state index in [-0.39, 0.29) is 0 Å². The lowest BCUT2D eigenvalue weighted by atomic mass is 10.2. The highest BCUT2D eigenvalue weighted by Crippen LogP contribution is 2.28. The molecule has 3 aromatic rings. The van der Waals surface area contributed by atoms with E-state index < -0.39 is 0 Å². The van der Waals surface area contributed by atoms with Gasteiger partial charge in [0.25, 0.3) is 0 Å². The lowest BCUT2D eigenvalue weighted by Gasteiger charge is -2.10. The lowest BCUT2D eigenvalue weighted by molar-refractivity contribution is 0.306. The fourth-order valence-corrected chi connectivity index (χ4v) is 2.49. The molecule has 0 atom stereocenters. The first-order valence-corrected chi connectivity index (χ1v) is 7.52. The molecule has 114 valence electrons. The number of nitrogens with one attached hydrogen (secondary N) is 2. The minimum atomic E-state index is 0.450. The Labute approximate surface area is 138 Å². The standard InChI is InChI=1S/C17H13ClN4O/c18-15-9-19-17-21-12-4-1-3-11(7-12)10-23-14-6-2-5-13(8-14)20-16(15)22-17/h1-9H,10H2,(H2,19,20,21,22). The van der Waals surface area contributed by atoms with Crippen molar-refractivity contribution in [3.63, 3.8) is 0 Å². The van der Waals surface area contributed by atoms with Crippen LogP contribution in [0.4, 0.5) is 23.1 Å². The Bertz CT molecular complexity index is 869. The highest BCUT2D eigenvalue weighted by atomic mass is 35.5. The normalized spacial score (nSPS) is 12.6. The van der Waals surface area contributed by atoms with E-state index in [1.807, 2.05) is 48.5 Å². The van der Waals surface area contributed by atoms with Crippen LogP contribution in [0.15, 0.2) is 54.7 Å². The summed E-state index contributed by atoms with van der Waals surface area (Å²) in [5.74, 6) is 1.79. The van der Waals surface area contributed by atoms with Gasteiger partial charge in [-0.3, -0.25) is 0 Å². The number of ether oxygens (including phenoxy) is 1. The molecule has 0 saturated carbocycles. The van der Waals surface area contributed by atoms with Crippen LogP contribution in [0.3, 0.4) is 0 Å². The lowest BCUT2D eigenvalue weighted by Crippen LogP contribution is -2.01. The molecule has 0 spiro atoms. The average molecular weight is 325 g/mol. The van der Waals surface area contributed by atoms with Crippen LogP contribution in [0.25, 0.3) is 0 Å². The molecule has 0 radical (unpaired) electrons. The summed E-state index contributed by atoms with van der Waals surface area (Å²) >= 11 is 6.19. The second-order valence-electron chi connectivity index (χ2n) is 5.16. The Morgan fingerprint density at radius 2 is 1.83 bits per heavy atom. The Morgan fingerprint density at radius 1 is 1.00 bits per heavy atom. The molecule has 1 aliphatic rings. The zero-order valence-electron chi connectivity index (χ0n) is 12.1. The number of anilines is 4. The summed E-state index contributed by atoms with van der Waals surface area (Å²) < 4.78 is 5.85. The van der Waals surface area contributed by atoms with Crippen molar-refractivity contribution >= 4 is 34.7 Å². The third-order valence-electron chi connectivity index (χ3n) is 3.43. The molecule has 2 heterocycles. The molecule has 6 bridgehead atoms. The molecule has 0 saturated heterocycles. The van der Waals surface area contributed by atoms with E-state index in [1.165, 1.54) is 0 Å². The first-order valence-electron chi connectivity index (χ1n) is 7.15. The van der Waals surface area contributed by atoms with Crippen molar-refractivity contribution in [2.75, 3.05) is 10.6 Å². The molecule has 5 nitrogen and oxygen atoms in total. The van der Waals surface area contributed by atoms with Crippen LogP contribution in [0.5, 0.6) is 5.75 Å². The molecule has 2 N–H and O–H groups in total. The summed E-state index contributed by atoms with van der Waals surface area (Å²) in [6, 6.07) is 15.6. The van der Waals surface area contributed by atoms with Gasteiger partial charge in [-0.2, -0.15) is 4.98 Å². The van der Waals surface area contributed by atoms with E-state index in [1.54, 1.807) is 6.20 Å². The number of aromatic nitrogens is 2. The molecular weight excluding hydrogens is 312 g/mol. The quantitative estimate of drug-likeness (QED) is 0.637. The Kier molecular flexibility index (Phi) is 3.48. The van der Waals surface area contributed by atoms with Gasteiger partial charge in [-0.05, 0) is 29.8 Å². The predicted octanol–water partition coefficient (Wildman–Crippen LogP) is 4.51. The van der Waals surface area contributed by atoms with Crippen LogP contribution in [0, 0.1) is 0 Å². The number of nitrogens with zero attached hydrogens (tertiary/aromatic N) is 2. The average Bonchev–Trinajstić information content (AvgIpc) is 2.57. The highest BCUT2D eigenvalue weighted by molar-refractivity contribution is 6.32. The fraction of sp³-hybridized carbons (Fsp3) is 0.0588. The minimum absolute atomic E-state index is 0.450. The minimum Gasteiger partial charge on any atom is -0.489 e. The van der Waals surface area contributed by atoms with Crippen LogP contribution in [-0.2, 0) is 6.61 Å². The maximum atomic E-state index is 6.19. The maximum Gasteiger partial charge on any atom is 0.229 e. The van der Waals surface area contributed by atoms with Gasteiger partial charge in [0.05, 0.1) is 6.20 Å². The fourth-order valence-electron chi connectivity index (χ4n) is 2.35. The molecule has 0 amide bonds. The largest absolute Gasteiger partial charge is 0.489 e. The van der Waals surface area contributed by atoms with Gasteiger partial charge in [0.1, 0.15) is 17.4 Å². The van der Waals surface area contributed by atoms with E-state index in [9.17, 15) is 0 Å². The van der Waals surface area contributed by atoms with Crippen LogP contribution in [0.2, 0.25) is 5.02 Å². The number of rotatable bonds is 0. The molecular formula is C17H13ClN4O. The van der Waals surface area contributed by atoms with Gasteiger partial charge in [0.15, 0.2) is 5.82 Å². The summed E-state index contributed by atoms with van der Waals surface area (Å²) in [7, 11) is 0.